The van der Waals surface area contributed by atoms with E-state index in [1.807, 2.05) is 30.3 Å². The van der Waals surface area contributed by atoms with Crippen molar-refractivity contribution in [3.63, 3.8) is 0 Å². The molecule has 0 saturated heterocycles. The Morgan fingerprint density at radius 1 is 0.950 bits per heavy atom. The number of fused-ring (bicyclic) bond motifs is 2. The Labute approximate surface area is 126 Å². The quantitative estimate of drug-likeness (QED) is 0.375. The number of nitrogens with zero attached hydrogens (tertiary/aromatic N) is 1. The minimum absolute atomic E-state index is 0.735. The van der Waals surface area contributed by atoms with Crippen molar-refractivity contribution in [3.8, 4) is 5.75 Å². The number of benzene rings is 2. The number of rotatable bonds is 5. The van der Waals surface area contributed by atoms with E-state index in [0.29, 0.717) is 0 Å². The number of pyridine rings is 1. The molecule has 0 saturated carbocycles. The molecule has 0 N–H and O–H groups in total. The van der Waals surface area contributed by atoms with Crippen LogP contribution >= 0.6 is 15.9 Å². The third-order valence-electron chi connectivity index (χ3n) is 3.30. The fraction of sp³-hybridized carbons (Fsp3) is 0.235. The number of aromatic nitrogens is 1. The Hall–Kier alpha value is -1.61. The van der Waals surface area contributed by atoms with Gasteiger partial charge >= 0.3 is 0 Å². The van der Waals surface area contributed by atoms with Gasteiger partial charge in [0.05, 0.1) is 12.1 Å². The predicted molar refractivity (Wildman–Crippen MR) is 87.8 cm³/mol. The van der Waals surface area contributed by atoms with E-state index >= 15 is 0 Å². The van der Waals surface area contributed by atoms with E-state index in [1.165, 1.54) is 0 Å². The number of hydrogen-bond donors (Lipinski definition) is 0. The van der Waals surface area contributed by atoms with Gasteiger partial charge in [0, 0.05) is 16.1 Å². The Balaban J connectivity index is 1.97. The molecule has 0 aliphatic carbocycles. The first-order valence-corrected chi connectivity index (χ1v) is 7.98. The first kappa shape index (κ1) is 13.4. The minimum Gasteiger partial charge on any atom is -0.491 e. The highest BCUT2D eigenvalue weighted by atomic mass is 79.9. The molecule has 3 heteroatoms. The highest BCUT2D eigenvalue weighted by molar-refractivity contribution is 9.09. The lowest BCUT2D eigenvalue weighted by Crippen LogP contribution is -1.98. The van der Waals surface area contributed by atoms with Crippen molar-refractivity contribution in [2.24, 2.45) is 0 Å². The lowest BCUT2D eigenvalue weighted by Gasteiger charge is -2.09. The molecule has 0 atom stereocenters. The monoisotopic (exact) mass is 329 g/mol. The molecule has 0 unspecified atom stereocenters. The summed E-state index contributed by atoms with van der Waals surface area (Å²) in [6.45, 7) is 0.735. The number of ether oxygens (including phenoxy) is 1. The van der Waals surface area contributed by atoms with E-state index in [0.717, 1.165) is 52.3 Å². The van der Waals surface area contributed by atoms with Crippen molar-refractivity contribution in [2.45, 2.75) is 12.8 Å². The molecule has 0 aliphatic rings. The van der Waals surface area contributed by atoms with Crippen LogP contribution in [0.15, 0.2) is 48.5 Å². The molecule has 0 fully saturated rings. The lowest BCUT2D eigenvalue weighted by molar-refractivity contribution is 0.313. The van der Waals surface area contributed by atoms with Crippen molar-refractivity contribution >= 4 is 37.7 Å². The van der Waals surface area contributed by atoms with Crippen molar-refractivity contribution in [2.75, 3.05) is 11.9 Å². The third kappa shape index (κ3) is 2.78. The molecule has 3 rings (SSSR count). The van der Waals surface area contributed by atoms with Gasteiger partial charge in [-0.3, -0.25) is 0 Å². The summed E-state index contributed by atoms with van der Waals surface area (Å²) in [6.07, 6.45) is 2.18. The average Bonchev–Trinajstić information content (AvgIpc) is 2.50. The zero-order valence-electron chi connectivity index (χ0n) is 11.2. The smallest absolute Gasteiger partial charge is 0.145 e. The molecule has 1 heterocycles. The van der Waals surface area contributed by atoms with Gasteiger partial charge in [-0.05, 0) is 31.0 Å². The van der Waals surface area contributed by atoms with E-state index in [1.54, 1.807) is 0 Å². The van der Waals surface area contributed by atoms with E-state index < -0.39 is 0 Å². The molecule has 0 bridgehead atoms. The normalized spacial score (nSPS) is 11.1. The van der Waals surface area contributed by atoms with Crippen LogP contribution < -0.4 is 4.74 Å². The fourth-order valence-electron chi connectivity index (χ4n) is 2.27. The van der Waals surface area contributed by atoms with Crippen LogP contribution in [0, 0.1) is 0 Å². The van der Waals surface area contributed by atoms with E-state index in [4.69, 9.17) is 9.72 Å². The molecule has 2 nitrogen and oxygen atoms in total. The first-order valence-electron chi connectivity index (χ1n) is 6.86. The number of hydrogen-bond acceptors (Lipinski definition) is 2. The van der Waals surface area contributed by atoms with Crippen LogP contribution in [0.5, 0.6) is 5.75 Å². The summed E-state index contributed by atoms with van der Waals surface area (Å²) in [7, 11) is 0. The second-order valence-corrected chi connectivity index (χ2v) is 5.55. The maximum absolute atomic E-state index is 5.89. The number of halogens is 1. The number of unbranched alkanes of at least 4 members (excludes halogenated alkanes) is 1. The molecule has 0 spiro atoms. The van der Waals surface area contributed by atoms with Crippen molar-refractivity contribution in [1.29, 1.82) is 0 Å². The summed E-state index contributed by atoms with van der Waals surface area (Å²) in [5.74, 6) is 0.878. The molecular formula is C17H16BrNO. The van der Waals surface area contributed by atoms with E-state index in [2.05, 4.69) is 34.1 Å². The molecule has 1 aromatic heterocycles. The standard InChI is InChI=1S/C17H16BrNO/c18-10-3-4-11-20-16-9-5-7-14-12-13-6-1-2-8-15(13)19-17(14)16/h1-2,5-9,12H,3-4,10-11H2. The SMILES string of the molecule is BrCCCCOc1cccc2cc3ccccc3nc12. The van der Waals surface area contributed by atoms with Gasteiger partial charge in [0.2, 0.25) is 0 Å². The van der Waals surface area contributed by atoms with Gasteiger partial charge in [-0.1, -0.05) is 46.3 Å². The highest BCUT2D eigenvalue weighted by Gasteiger charge is 2.05. The molecule has 0 radical (unpaired) electrons. The van der Waals surface area contributed by atoms with Crippen LogP contribution in [-0.4, -0.2) is 16.9 Å². The minimum atomic E-state index is 0.735. The largest absolute Gasteiger partial charge is 0.491 e. The maximum Gasteiger partial charge on any atom is 0.145 e. The molecule has 2 aromatic carbocycles. The van der Waals surface area contributed by atoms with Gasteiger partial charge in [0.25, 0.3) is 0 Å². The Kier molecular flexibility index (Phi) is 4.16. The first-order chi connectivity index (χ1) is 9.88. The Morgan fingerprint density at radius 2 is 1.80 bits per heavy atom. The molecule has 3 aromatic rings. The summed E-state index contributed by atoms with van der Waals surface area (Å²) in [5.41, 5.74) is 1.96. The predicted octanol–water partition coefficient (Wildman–Crippen LogP) is 4.94. The fourth-order valence-corrected chi connectivity index (χ4v) is 2.67. The summed E-state index contributed by atoms with van der Waals surface area (Å²) < 4.78 is 5.89. The zero-order chi connectivity index (χ0) is 13.8. The number of para-hydroxylation sites is 2. The van der Waals surface area contributed by atoms with Crippen LogP contribution in [0.2, 0.25) is 0 Å². The van der Waals surface area contributed by atoms with Crippen molar-refractivity contribution in [1.82, 2.24) is 4.98 Å². The van der Waals surface area contributed by atoms with Crippen LogP contribution in [-0.2, 0) is 0 Å². The third-order valence-corrected chi connectivity index (χ3v) is 3.86. The van der Waals surface area contributed by atoms with Gasteiger partial charge in [-0.15, -0.1) is 0 Å². The van der Waals surface area contributed by atoms with E-state index in [9.17, 15) is 0 Å². The zero-order valence-corrected chi connectivity index (χ0v) is 12.8. The van der Waals surface area contributed by atoms with Gasteiger partial charge in [0.1, 0.15) is 11.3 Å². The average molecular weight is 330 g/mol. The van der Waals surface area contributed by atoms with Crippen molar-refractivity contribution in [3.05, 3.63) is 48.5 Å². The topological polar surface area (TPSA) is 22.1 Å². The summed E-state index contributed by atoms with van der Waals surface area (Å²) in [4.78, 5) is 4.74. The molecule has 0 amide bonds. The molecule has 20 heavy (non-hydrogen) atoms. The van der Waals surface area contributed by atoms with Crippen LogP contribution in [0.4, 0.5) is 0 Å². The Morgan fingerprint density at radius 3 is 2.70 bits per heavy atom. The second kappa shape index (κ2) is 6.23. The maximum atomic E-state index is 5.89. The van der Waals surface area contributed by atoms with Crippen LogP contribution in [0.25, 0.3) is 21.8 Å². The van der Waals surface area contributed by atoms with Crippen molar-refractivity contribution < 1.29 is 4.74 Å². The highest BCUT2D eigenvalue weighted by Crippen LogP contribution is 2.27. The lowest BCUT2D eigenvalue weighted by atomic mass is 10.1. The van der Waals surface area contributed by atoms with Crippen LogP contribution in [0.1, 0.15) is 12.8 Å². The van der Waals surface area contributed by atoms with Gasteiger partial charge in [0.15, 0.2) is 0 Å². The molecule has 102 valence electrons. The van der Waals surface area contributed by atoms with E-state index in [-0.39, 0.29) is 0 Å². The molecule has 0 aliphatic heterocycles. The second-order valence-electron chi connectivity index (χ2n) is 4.75. The van der Waals surface area contributed by atoms with Crippen LogP contribution in [0.3, 0.4) is 0 Å². The number of alkyl halides is 1. The summed E-state index contributed by atoms with van der Waals surface area (Å²) in [5, 5.41) is 3.31. The van der Waals surface area contributed by atoms with Gasteiger partial charge in [-0.25, -0.2) is 4.98 Å². The Bertz CT molecular complexity index is 726. The summed E-state index contributed by atoms with van der Waals surface area (Å²) in [6, 6.07) is 16.5. The summed E-state index contributed by atoms with van der Waals surface area (Å²) >= 11 is 3.43. The molecular weight excluding hydrogens is 314 g/mol. The van der Waals surface area contributed by atoms with Gasteiger partial charge < -0.3 is 4.74 Å². The van der Waals surface area contributed by atoms with Gasteiger partial charge in [-0.2, -0.15) is 0 Å².